The van der Waals surface area contributed by atoms with Gasteiger partial charge < -0.3 is 5.11 Å². The number of hydrogen-bond donors (Lipinski definition) is 1. The number of carboxylic acid groups (broad SMARTS) is 1. The summed E-state index contributed by atoms with van der Waals surface area (Å²) in [6, 6.07) is 0. The van der Waals surface area contributed by atoms with Crippen LogP contribution in [-0.2, 0) is 11.2 Å². The van der Waals surface area contributed by atoms with Crippen molar-refractivity contribution in [2.45, 2.75) is 25.2 Å². The second-order valence-corrected chi connectivity index (χ2v) is 5.56. The summed E-state index contributed by atoms with van der Waals surface area (Å²) in [4.78, 5) is 21.1. The van der Waals surface area contributed by atoms with E-state index in [1.807, 2.05) is 0 Å². The first-order valence-electron chi connectivity index (χ1n) is 5.30. The van der Waals surface area contributed by atoms with Gasteiger partial charge in [-0.2, -0.15) is 0 Å². The van der Waals surface area contributed by atoms with Crippen molar-refractivity contribution in [2.75, 3.05) is 0 Å². The van der Waals surface area contributed by atoms with Crippen molar-refractivity contribution < 1.29 is 9.90 Å². The molecule has 0 saturated heterocycles. The van der Waals surface area contributed by atoms with E-state index in [0.29, 0.717) is 5.15 Å². The Morgan fingerprint density at radius 1 is 1.59 bits per heavy atom. The first-order chi connectivity index (χ1) is 8.16. The normalized spacial score (nSPS) is 18.5. The van der Waals surface area contributed by atoms with Crippen LogP contribution in [0.25, 0.3) is 10.2 Å². The smallest absolute Gasteiger partial charge is 0.303 e. The number of carbonyl (C=O) groups is 1. The van der Waals surface area contributed by atoms with Crippen LogP contribution >= 0.6 is 22.9 Å². The first kappa shape index (κ1) is 10.9. The maximum Gasteiger partial charge on any atom is 0.303 e. The van der Waals surface area contributed by atoms with Gasteiger partial charge in [0.05, 0.1) is 11.8 Å². The molecule has 3 rings (SSSR count). The molecule has 0 fully saturated rings. The average molecular weight is 269 g/mol. The van der Waals surface area contributed by atoms with Crippen molar-refractivity contribution in [1.29, 1.82) is 0 Å². The first-order valence-corrected chi connectivity index (χ1v) is 6.50. The summed E-state index contributed by atoms with van der Waals surface area (Å²) in [6.45, 7) is 0. The van der Waals surface area contributed by atoms with Crippen LogP contribution in [0, 0.1) is 0 Å². The number of aromatic nitrogens is 2. The number of aliphatic carboxylic acids is 1. The van der Waals surface area contributed by atoms with E-state index in [2.05, 4.69) is 9.97 Å². The molecule has 0 radical (unpaired) electrons. The third kappa shape index (κ3) is 1.70. The molecule has 0 spiro atoms. The van der Waals surface area contributed by atoms with Crippen LogP contribution < -0.4 is 0 Å². The van der Waals surface area contributed by atoms with E-state index >= 15 is 0 Å². The third-order valence-corrected chi connectivity index (χ3v) is 4.56. The van der Waals surface area contributed by atoms with Gasteiger partial charge in [0, 0.05) is 4.88 Å². The fourth-order valence-corrected chi connectivity index (χ4v) is 3.98. The van der Waals surface area contributed by atoms with Gasteiger partial charge in [-0.1, -0.05) is 11.6 Å². The maximum absolute atomic E-state index is 10.8. The van der Waals surface area contributed by atoms with Crippen molar-refractivity contribution in [3.05, 3.63) is 21.9 Å². The highest BCUT2D eigenvalue weighted by atomic mass is 35.5. The minimum Gasteiger partial charge on any atom is -0.481 e. The van der Waals surface area contributed by atoms with Gasteiger partial charge in [0.1, 0.15) is 16.3 Å². The Bertz CT molecular complexity index is 611. The topological polar surface area (TPSA) is 63.1 Å². The molecular formula is C11H9ClN2O2S. The molecule has 88 valence electrons. The van der Waals surface area contributed by atoms with E-state index in [1.165, 1.54) is 11.2 Å². The summed E-state index contributed by atoms with van der Waals surface area (Å²) in [5, 5.41) is 10.2. The quantitative estimate of drug-likeness (QED) is 0.851. The molecule has 4 nitrogen and oxygen atoms in total. The number of thiophene rings is 1. The number of aryl methyl sites for hydroxylation is 1. The lowest BCUT2D eigenvalue weighted by atomic mass is 9.98. The molecule has 1 atom stereocenters. The predicted octanol–water partition coefficient (Wildman–Crippen LogP) is 2.85. The Balaban J connectivity index is 2.18. The van der Waals surface area contributed by atoms with E-state index in [1.54, 1.807) is 11.3 Å². The molecular weight excluding hydrogens is 260 g/mol. The zero-order valence-corrected chi connectivity index (χ0v) is 10.4. The Morgan fingerprint density at radius 3 is 3.18 bits per heavy atom. The van der Waals surface area contributed by atoms with Crippen molar-refractivity contribution >= 4 is 39.1 Å². The van der Waals surface area contributed by atoms with E-state index in [4.69, 9.17) is 16.7 Å². The fourth-order valence-electron chi connectivity index (χ4n) is 2.45. The largest absolute Gasteiger partial charge is 0.481 e. The number of hydrogen-bond acceptors (Lipinski definition) is 4. The minimum absolute atomic E-state index is 0.0553. The summed E-state index contributed by atoms with van der Waals surface area (Å²) in [5.41, 5.74) is 1.07. The molecule has 0 bridgehead atoms. The maximum atomic E-state index is 10.8. The average Bonchev–Trinajstić information content (AvgIpc) is 2.78. The second kappa shape index (κ2) is 3.92. The Morgan fingerprint density at radius 2 is 2.41 bits per heavy atom. The molecule has 2 aromatic rings. The Labute approximate surface area is 106 Å². The molecule has 1 aliphatic rings. The number of carboxylic acids is 1. The Hall–Kier alpha value is -1.20. The molecule has 2 heterocycles. The van der Waals surface area contributed by atoms with Gasteiger partial charge >= 0.3 is 5.97 Å². The van der Waals surface area contributed by atoms with Crippen LogP contribution in [0.1, 0.15) is 29.2 Å². The molecule has 0 unspecified atom stereocenters. The van der Waals surface area contributed by atoms with E-state index in [0.717, 1.165) is 28.6 Å². The molecule has 1 aliphatic carbocycles. The van der Waals surface area contributed by atoms with Crippen LogP contribution in [0.5, 0.6) is 0 Å². The van der Waals surface area contributed by atoms with Gasteiger partial charge in [0.15, 0.2) is 0 Å². The SMILES string of the molecule is O=C(O)C[C@@H]1CCc2sc3ncnc(Cl)c3c21. The number of nitrogens with zero attached hydrogens (tertiary/aromatic N) is 2. The number of rotatable bonds is 2. The van der Waals surface area contributed by atoms with Crippen LogP contribution in [0.3, 0.4) is 0 Å². The van der Waals surface area contributed by atoms with Gasteiger partial charge in [0.25, 0.3) is 0 Å². The summed E-state index contributed by atoms with van der Waals surface area (Å²) in [7, 11) is 0. The molecule has 0 aromatic carbocycles. The summed E-state index contributed by atoms with van der Waals surface area (Å²) in [5.74, 6) is -0.713. The summed E-state index contributed by atoms with van der Waals surface area (Å²) in [6.07, 6.45) is 3.41. The summed E-state index contributed by atoms with van der Waals surface area (Å²) >= 11 is 7.69. The predicted molar refractivity (Wildman–Crippen MR) is 65.7 cm³/mol. The molecule has 1 N–H and O–H groups in total. The monoisotopic (exact) mass is 268 g/mol. The van der Waals surface area contributed by atoms with Gasteiger partial charge in [0.2, 0.25) is 0 Å². The highest BCUT2D eigenvalue weighted by molar-refractivity contribution is 7.19. The fraction of sp³-hybridized carbons (Fsp3) is 0.364. The zero-order chi connectivity index (χ0) is 12.0. The van der Waals surface area contributed by atoms with Crippen molar-refractivity contribution in [3.63, 3.8) is 0 Å². The van der Waals surface area contributed by atoms with Crippen LogP contribution in [0.2, 0.25) is 5.15 Å². The van der Waals surface area contributed by atoms with Crippen molar-refractivity contribution in [2.24, 2.45) is 0 Å². The Kier molecular flexibility index (Phi) is 2.52. The van der Waals surface area contributed by atoms with E-state index < -0.39 is 5.97 Å². The second-order valence-electron chi connectivity index (χ2n) is 4.12. The highest BCUT2D eigenvalue weighted by Crippen LogP contribution is 2.46. The van der Waals surface area contributed by atoms with Gasteiger partial charge in [-0.25, -0.2) is 9.97 Å². The molecule has 2 aromatic heterocycles. The van der Waals surface area contributed by atoms with Crippen LogP contribution in [0.15, 0.2) is 6.33 Å². The van der Waals surface area contributed by atoms with Crippen LogP contribution in [0.4, 0.5) is 0 Å². The molecule has 0 saturated carbocycles. The standard InChI is InChI=1S/C11H9ClN2O2S/c12-10-9-8-5(3-7(15)16)1-2-6(8)17-11(9)14-4-13-10/h4-5H,1-3H2,(H,15,16)/t5-/m0/s1. The van der Waals surface area contributed by atoms with E-state index in [-0.39, 0.29) is 12.3 Å². The molecule has 6 heteroatoms. The third-order valence-electron chi connectivity index (χ3n) is 3.10. The van der Waals surface area contributed by atoms with Crippen molar-refractivity contribution in [3.8, 4) is 0 Å². The van der Waals surface area contributed by atoms with E-state index in [9.17, 15) is 4.79 Å². The highest BCUT2D eigenvalue weighted by Gasteiger charge is 2.30. The lowest BCUT2D eigenvalue weighted by Gasteiger charge is -2.07. The van der Waals surface area contributed by atoms with Gasteiger partial charge in [-0.05, 0) is 24.3 Å². The number of halogens is 1. The zero-order valence-electron chi connectivity index (χ0n) is 8.81. The van der Waals surface area contributed by atoms with Gasteiger partial charge in [-0.3, -0.25) is 4.79 Å². The molecule has 0 aliphatic heterocycles. The molecule has 17 heavy (non-hydrogen) atoms. The van der Waals surface area contributed by atoms with Crippen LogP contribution in [-0.4, -0.2) is 21.0 Å². The molecule has 0 amide bonds. The number of fused-ring (bicyclic) bond motifs is 3. The minimum atomic E-state index is -0.768. The summed E-state index contributed by atoms with van der Waals surface area (Å²) < 4.78 is 0. The van der Waals surface area contributed by atoms with Crippen molar-refractivity contribution in [1.82, 2.24) is 9.97 Å². The van der Waals surface area contributed by atoms with Gasteiger partial charge in [-0.15, -0.1) is 11.3 Å². The lowest BCUT2D eigenvalue weighted by Crippen LogP contribution is -2.03. The lowest BCUT2D eigenvalue weighted by molar-refractivity contribution is -0.137.